The second-order valence-electron chi connectivity index (χ2n) is 7.77. The molecule has 1 aliphatic carbocycles. The largest absolute Gasteiger partial charge is 0.490 e. The minimum absolute atomic E-state index is 0.312. The smallest absolute Gasteiger partial charge is 0.163 e. The highest BCUT2D eigenvalue weighted by Gasteiger charge is 2.15. The number of halogens is 3. The van der Waals surface area contributed by atoms with E-state index < -0.39 is 0 Å². The second-order valence-corrected chi connectivity index (χ2v) is 9.02. The lowest BCUT2D eigenvalue weighted by atomic mass is 9.96. The van der Waals surface area contributed by atoms with Gasteiger partial charge in [-0.15, -0.1) is 0 Å². The van der Waals surface area contributed by atoms with Crippen LogP contribution in [0.5, 0.6) is 11.5 Å². The molecule has 0 radical (unpaired) electrons. The van der Waals surface area contributed by atoms with Crippen molar-refractivity contribution in [1.29, 1.82) is 0 Å². The standard InChI is InChI=1S/C24H30Cl3NO2/c1-2-29-23-12-18(15-28-20-8-6-4-3-5-7-9-20)22(27)14-24(23)30-16-17-10-11-19(25)13-21(17)26/h10-14,20,28H,2-9,15-16H2,1H3. The summed E-state index contributed by atoms with van der Waals surface area (Å²) in [5.41, 5.74) is 1.88. The van der Waals surface area contributed by atoms with Gasteiger partial charge in [-0.3, -0.25) is 0 Å². The molecular weight excluding hydrogens is 441 g/mol. The summed E-state index contributed by atoms with van der Waals surface area (Å²) >= 11 is 18.8. The Morgan fingerprint density at radius 3 is 2.20 bits per heavy atom. The second kappa shape index (κ2) is 12.0. The lowest BCUT2D eigenvalue weighted by Gasteiger charge is -2.22. The molecule has 0 heterocycles. The highest BCUT2D eigenvalue weighted by atomic mass is 35.5. The maximum atomic E-state index is 6.59. The van der Waals surface area contributed by atoms with Crippen LogP contribution in [0, 0.1) is 0 Å². The van der Waals surface area contributed by atoms with E-state index in [1.165, 1.54) is 44.9 Å². The van der Waals surface area contributed by atoms with Crippen LogP contribution < -0.4 is 14.8 Å². The van der Waals surface area contributed by atoms with E-state index in [-0.39, 0.29) is 0 Å². The molecule has 0 unspecified atom stereocenters. The molecule has 0 bridgehead atoms. The topological polar surface area (TPSA) is 30.5 Å². The van der Waals surface area contributed by atoms with Crippen LogP contribution in [-0.4, -0.2) is 12.6 Å². The van der Waals surface area contributed by atoms with Gasteiger partial charge in [0.1, 0.15) is 6.61 Å². The van der Waals surface area contributed by atoms with Gasteiger partial charge in [-0.2, -0.15) is 0 Å². The maximum Gasteiger partial charge on any atom is 0.163 e. The zero-order valence-corrected chi connectivity index (χ0v) is 19.8. The van der Waals surface area contributed by atoms with E-state index in [2.05, 4.69) is 5.32 Å². The van der Waals surface area contributed by atoms with Gasteiger partial charge in [0, 0.05) is 39.3 Å². The van der Waals surface area contributed by atoms with Crippen LogP contribution in [0.4, 0.5) is 0 Å². The van der Waals surface area contributed by atoms with Crippen LogP contribution >= 0.6 is 34.8 Å². The van der Waals surface area contributed by atoms with Crippen molar-refractivity contribution in [2.24, 2.45) is 0 Å². The lowest BCUT2D eigenvalue weighted by Crippen LogP contribution is -2.29. The minimum atomic E-state index is 0.312. The van der Waals surface area contributed by atoms with E-state index in [9.17, 15) is 0 Å². The average Bonchev–Trinajstić information content (AvgIpc) is 2.69. The summed E-state index contributed by atoms with van der Waals surface area (Å²) < 4.78 is 11.8. The Morgan fingerprint density at radius 1 is 0.833 bits per heavy atom. The molecule has 0 amide bonds. The number of benzene rings is 2. The van der Waals surface area contributed by atoms with Crippen LogP contribution in [0.3, 0.4) is 0 Å². The highest BCUT2D eigenvalue weighted by Crippen LogP contribution is 2.35. The Morgan fingerprint density at radius 2 is 1.50 bits per heavy atom. The van der Waals surface area contributed by atoms with Gasteiger partial charge in [0.2, 0.25) is 0 Å². The summed E-state index contributed by atoms with van der Waals surface area (Å²) in [4.78, 5) is 0. The van der Waals surface area contributed by atoms with Crippen molar-refractivity contribution in [2.45, 2.75) is 71.1 Å². The van der Waals surface area contributed by atoms with Gasteiger partial charge in [0.15, 0.2) is 11.5 Å². The molecule has 2 aromatic carbocycles. The normalized spacial score (nSPS) is 15.5. The fourth-order valence-corrected chi connectivity index (χ4v) is 4.49. The Bertz CT molecular complexity index is 820. The van der Waals surface area contributed by atoms with Gasteiger partial charge < -0.3 is 14.8 Å². The van der Waals surface area contributed by atoms with Gasteiger partial charge in [-0.05, 0) is 43.5 Å². The third-order valence-corrected chi connectivity index (χ3v) is 6.44. The van der Waals surface area contributed by atoms with Gasteiger partial charge in [-0.1, -0.05) is 73.0 Å². The molecule has 0 atom stereocenters. The summed E-state index contributed by atoms with van der Waals surface area (Å²) in [6, 6.07) is 9.75. The van der Waals surface area contributed by atoms with Crippen molar-refractivity contribution in [3.05, 3.63) is 56.5 Å². The molecular formula is C24H30Cl3NO2. The van der Waals surface area contributed by atoms with Crippen LogP contribution in [0.1, 0.15) is 63.0 Å². The van der Waals surface area contributed by atoms with Crippen molar-refractivity contribution < 1.29 is 9.47 Å². The van der Waals surface area contributed by atoms with Crippen LogP contribution in [0.15, 0.2) is 30.3 Å². The Hall–Kier alpha value is -1.13. The lowest BCUT2D eigenvalue weighted by molar-refractivity contribution is 0.269. The van der Waals surface area contributed by atoms with Gasteiger partial charge in [0.25, 0.3) is 0 Å². The first kappa shape index (κ1) is 23.5. The molecule has 1 N–H and O–H groups in total. The summed E-state index contributed by atoms with van der Waals surface area (Å²) in [5, 5.41) is 5.55. The van der Waals surface area contributed by atoms with Gasteiger partial charge in [-0.25, -0.2) is 0 Å². The van der Waals surface area contributed by atoms with E-state index in [4.69, 9.17) is 44.3 Å². The van der Waals surface area contributed by atoms with Crippen LogP contribution in [-0.2, 0) is 13.2 Å². The molecule has 164 valence electrons. The average molecular weight is 471 g/mol. The Kier molecular flexibility index (Phi) is 9.45. The van der Waals surface area contributed by atoms with Crippen molar-refractivity contribution in [3.63, 3.8) is 0 Å². The number of nitrogens with one attached hydrogen (secondary N) is 1. The molecule has 6 heteroatoms. The Balaban J connectivity index is 1.68. The molecule has 0 aromatic heterocycles. The number of rotatable bonds is 8. The third kappa shape index (κ3) is 6.95. The van der Waals surface area contributed by atoms with Gasteiger partial charge in [0.05, 0.1) is 6.61 Å². The third-order valence-electron chi connectivity index (χ3n) is 5.50. The molecule has 3 nitrogen and oxygen atoms in total. The molecule has 1 fully saturated rings. The zero-order chi connectivity index (χ0) is 21.3. The van der Waals surface area contributed by atoms with Crippen molar-refractivity contribution in [1.82, 2.24) is 5.32 Å². The van der Waals surface area contributed by atoms with Crippen LogP contribution in [0.2, 0.25) is 15.1 Å². The molecule has 30 heavy (non-hydrogen) atoms. The molecule has 1 saturated carbocycles. The van der Waals surface area contributed by atoms with Crippen molar-refractivity contribution in [3.8, 4) is 11.5 Å². The van der Waals surface area contributed by atoms with E-state index in [0.29, 0.717) is 45.8 Å². The summed E-state index contributed by atoms with van der Waals surface area (Å²) in [6.07, 6.45) is 9.14. The quantitative estimate of drug-likeness (QED) is 0.426. The Labute approximate surface area is 195 Å². The fourth-order valence-electron chi connectivity index (χ4n) is 3.80. The molecule has 1 aliphatic rings. The van der Waals surface area contributed by atoms with Crippen molar-refractivity contribution >= 4 is 34.8 Å². The monoisotopic (exact) mass is 469 g/mol. The van der Waals surface area contributed by atoms with E-state index in [1.54, 1.807) is 12.1 Å². The molecule has 0 spiro atoms. The molecule has 0 saturated heterocycles. The number of ether oxygens (including phenoxy) is 2. The first-order chi connectivity index (χ1) is 14.6. The first-order valence-electron chi connectivity index (χ1n) is 10.8. The molecule has 0 aliphatic heterocycles. The number of hydrogen-bond donors (Lipinski definition) is 1. The molecule has 2 aromatic rings. The predicted molar refractivity (Wildman–Crippen MR) is 126 cm³/mol. The van der Waals surface area contributed by atoms with Crippen molar-refractivity contribution in [2.75, 3.05) is 6.61 Å². The first-order valence-corrected chi connectivity index (χ1v) is 12.0. The SMILES string of the molecule is CCOc1cc(CNC2CCCCCCC2)c(Cl)cc1OCc1ccc(Cl)cc1Cl. The predicted octanol–water partition coefficient (Wildman–Crippen LogP) is 7.83. The van der Waals surface area contributed by atoms with Crippen LogP contribution in [0.25, 0.3) is 0 Å². The summed E-state index contributed by atoms with van der Waals surface area (Å²) in [5.74, 6) is 1.31. The zero-order valence-electron chi connectivity index (χ0n) is 17.5. The van der Waals surface area contributed by atoms with E-state index >= 15 is 0 Å². The minimum Gasteiger partial charge on any atom is -0.490 e. The maximum absolute atomic E-state index is 6.59. The summed E-state index contributed by atoms with van der Waals surface area (Å²) in [7, 11) is 0. The fraction of sp³-hybridized carbons (Fsp3) is 0.500. The van der Waals surface area contributed by atoms with Gasteiger partial charge >= 0.3 is 0 Å². The molecule has 3 rings (SSSR count). The number of hydrogen-bond acceptors (Lipinski definition) is 3. The summed E-state index contributed by atoms with van der Waals surface area (Å²) in [6.45, 7) is 3.55. The van der Waals surface area contributed by atoms with E-state index in [1.807, 2.05) is 25.1 Å². The van der Waals surface area contributed by atoms with E-state index in [0.717, 1.165) is 17.7 Å². The highest BCUT2D eigenvalue weighted by molar-refractivity contribution is 6.35.